The quantitative estimate of drug-likeness (QED) is 0.737. The molecule has 8 nitrogen and oxygen atoms in total. The van der Waals surface area contributed by atoms with Crippen LogP contribution in [0.1, 0.15) is 25.3 Å². The first kappa shape index (κ1) is 21.3. The minimum absolute atomic E-state index is 0.0000791. The van der Waals surface area contributed by atoms with Gasteiger partial charge in [0.25, 0.3) is 0 Å². The predicted octanol–water partition coefficient (Wildman–Crippen LogP) is 2.74. The van der Waals surface area contributed by atoms with E-state index >= 15 is 0 Å². The van der Waals surface area contributed by atoms with Gasteiger partial charge in [0, 0.05) is 44.7 Å². The van der Waals surface area contributed by atoms with Crippen molar-refractivity contribution in [2.75, 3.05) is 33.4 Å². The van der Waals surface area contributed by atoms with Crippen LogP contribution in [0, 0.1) is 17.8 Å². The largest absolute Gasteiger partial charge is 0.454 e. The molecule has 1 aromatic heterocycles. The van der Waals surface area contributed by atoms with Crippen molar-refractivity contribution in [1.82, 2.24) is 10.3 Å². The normalized spacial score (nSPS) is 31.3. The maximum Gasteiger partial charge on any atom is 0.231 e. The van der Waals surface area contributed by atoms with Crippen molar-refractivity contribution in [2.24, 2.45) is 17.8 Å². The Morgan fingerprint density at radius 3 is 2.47 bits per heavy atom. The van der Waals surface area contributed by atoms with E-state index in [0.717, 1.165) is 40.9 Å². The number of benzene rings is 1. The zero-order valence-corrected chi connectivity index (χ0v) is 19.0. The highest BCUT2D eigenvalue weighted by Crippen LogP contribution is 2.44. The summed E-state index contributed by atoms with van der Waals surface area (Å²) < 4.78 is 22.5. The molecule has 1 amide bonds. The fourth-order valence-corrected chi connectivity index (χ4v) is 5.82. The molecule has 6 atom stereocenters. The Bertz CT molecular complexity index is 1030. The maximum absolute atomic E-state index is 13.2. The first-order valence-corrected chi connectivity index (χ1v) is 11.3. The fraction of sp³-hybridized carbons (Fsp3) is 0.583. The molecular weight excluding hydrogens is 410 g/mol. The molecular formula is C24H31N3O5. The summed E-state index contributed by atoms with van der Waals surface area (Å²) in [6, 6.07) is 6.11. The minimum atomic E-state index is -0.146. The van der Waals surface area contributed by atoms with Crippen molar-refractivity contribution in [3.05, 3.63) is 23.8 Å². The lowest BCUT2D eigenvalue weighted by molar-refractivity contribution is -0.143. The summed E-state index contributed by atoms with van der Waals surface area (Å²) in [5.41, 5.74) is 1.86. The summed E-state index contributed by atoms with van der Waals surface area (Å²) in [7, 11) is 5.34. The number of methoxy groups -OCH3 is 2. The van der Waals surface area contributed by atoms with E-state index in [0.29, 0.717) is 18.1 Å². The van der Waals surface area contributed by atoms with Crippen LogP contribution < -0.4 is 20.1 Å². The molecule has 32 heavy (non-hydrogen) atoms. The van der Waals surface area contributed by atoms with Gasteiger partial charge < -0.3 is 29.6 Å². The van der Waals surface area contributed by atoms with Gasteiger partial charge in [-0.15, -0.1) is 0 Å². The zero-order chi connectivity index (χ0) is 22.4. The van der Waals surface area contributed by atoms with E-state index in [1.54, 1.807) is 14.2 Å². The van der Waals surface area contributed by atoms with E-state index in [4.69, 9.17) is 23.9 Å². The Kier molecular flexibility index (Phi) is 5.59. The summed E-state index contributed by atoms with van der Waals surface area (Å²) in [6.07, 6.45) is 2.37. The third kappa shape index (κ3) is 3.55. The third-order valence-electron chi connectivity index (χ3n) is 7.51. The summed E-state index contributed by atoms with van der Waals surface area (Å²) in [4.78, 5) is 18.0. The number of piperidine rings is 1. The van der Waals surface area contributed by atoms with Crippen LogP contribution in [0.25, 0.3) is 10.9 Å². The highest BCUT2D eigenvalue weighted by atomic mass is 16.7. The van der Waals surface area contributed by atoms with Crippen molar-refractivity contribution in [2.45, 2.75) is 44.4 Å². The Hall–Kier alpha value is -2.58. The molecule has 1 aliphatic carbocycles. The molecule has 1 saturated carbocycles. The van der Waals surface area contributed by atoms with E-state index in [1.165, 1.54) is 0 Å². The van der Waals surface area contributed by atoms with Gasteiger partial charge in [0.1, 0.15) is 5.82 Å². The molecule has 3 aliphatic rings. The Morgan fingerprint density at radius 1 is 1.09 bits per heavy atom. The van der Waals surface area contributed by atoms with Crippen LogP contribution in [0.4, 0.5) is 5.82 Å². The van der Waals surface area contributed by atoms with Crippen molar-refractivity contribution < 1.29 is 23.7 Å². The summed E-state index contributed by atoms with van der Waals surface area (Å²) in [5, 5.41) is 7.41. The molecule has 0 spiro atoms. The van der Waals surface area contributed by atoms with Gasteiger partial charge in [-0.05, 0) is 55.7 Å². The molecule has 3 heterocycles. The Balaban J connectivity index is 1.48. The number of fused-ring (bicyclic) bond motifs is 3. The molecule has 6 unspecified atom stereocenters. The number of carbonyl (C=O) groups excluding carboxylic acids is 1. The van der Waals surface area contributed by atoms with Gasteiger partial charge in [0.05, 0.1) is 17.7 Å². The molecule has 1 saturated heterocycles. The molecule has 1 aromatic carbocycles. The molecule has 2 fully saturated rings. The monoisotopic (exact) mass is 441 g/mol. The van der Waals surface area contributed by atoms with Gasteiger partial charge in [0.15, 0.2) is 11.5 Å². The topological polar surface area (TPSA) is 90.9 Å². The summed E-state index contributed by atoms with van der Waals surface area (Å²) >= 11 is 0. The number of nitrogens with zero attached hydrogens (tertiary/aromatic N) is 1. The van der Waals surface area contributed by atoms with Crippen LogP contribution in [-0.4, -0.2) is 57.2 Å². The fourth-order valence-electron chi connectivity index (χ4n) is 5.82. The SMILES string of the molecule is CNc1nc2cc3c(cc2cc1CC1C(=O)NC(C)C2CC(OC)C(OC)CC12)OCO3. The number of amides is 1. The van der Waals surface area contributed by atoms with Gasteiger partial charge in [-0.2, -0.15) is 0 Å². The average Bonchev–Trinajstić information content (AvgIpc) is 3.26. The molecule has 5 rings (SSSR count). The van der Waals surface area contributed by atoms with Crippen molar-refractivity contribution in [3.8, 4) is 11.5 Å². The molecule has 2 N–H and O–H groups in total. The molecule has 8 heteroatoms. The maximum atomic E-state index is 13.2. The standard InChI is InChI=1S/C24H31N3O5/c1-12-15-8-19(29-3)20(30-4)9-16(15)17(24(28)26-12)6-14-5-13-7-21-22(32-11-31-21)10-18(13)27-23(14)25-2/h5,7,10,12,15-17,19-20H,6,8-9,11H2,1-4H3,(H,25,27)(H,26,28). The second kappa shape index (κ2) is 8.41. The predicted molar refractivity (Wildman–Crippen MR) is 120 cm³/mol. The van der Waals surface area contributed by atoms with Crippen molar-refractivity contribution in [1.29, 1.82) is 0 Å². The number of ether oxygens (including phenoxy) is 4. The number of anilines is 1. The van der Waals surface area contributed by atoms with Crippen LogP contribution in [0.2, 0.25) is 0 Å². The Labute approximate surface area is 188 Å². The number of pyridine rings is 1. The summed E-state index contributed by atoms with van der Waals surface area (Å²) in [6.45, 7) is 2.33. The number of carbonyl (C=O) groups is 1. The lowest BCUT2D eigenvalue weighted by Gasteiger charge is -2.48. The lowest BCUT2D eigenvalue weighted by atomic mass is 9.64. The van der Waals surface area contributed by atoms with Gasteiger partial charge in [-0.3, -0.25) is 4.79 Å². The van der Waals surface area contributed by atoms with Crippen LogP contribution >= 0.6 is 0 Å². The molecule has 0 radical (unpaired) electrons. The third-order valence-corrected chi connectivity index (χ3v) is 7.51. The van der Waals surface area contributed by atoms with E-state index < -0.39 is 0 Å². The van der Waals surface area contributed by atoms with Gasteiger partial charge >= 0.3 is 0 Å². The smallest absolute Gasteiger partial charge is 0.231 e. The number of rotatable bonds is 5. The summed E-state index contributed by atoms with van der Waals surface area (Å²) in [5.74, 6) is 2.77. The van der Waals surface area contributed by atoms with Crippen LogP contribution in [0.3, 0.4) is 0 Å². The van der Waals surface area contributed by atoms with Crippen LogP contribution in [0.5, 0.6) is 11.5 Å². The van der Waals surface area contributed by atoms with Crippen LogP contribution in [-0.2, 0) is 20.7 Å². The van der Waals surface area contributed by atoms with Gasteiger partial charge in [0.2, 0.25) is 12.7 Å². The van der Waals surface area contributed by atoms with E-state index in [9.17, 15) is 4.79 Å². The van der Waals surface area contributed by atoms with E-state index in [-0.39, 0.29) is 42.8 Å². The van der Waals surface area contributed by atoms with Crippen LogP contribution in [0.15, 0.2) is 18.2 Å². The van der Waals surface area contributed by atoms with Crippen molar-refractivity contribution >= 4 is 22.6 Å². The second-order valence-electron chi connectivity index (χ2n) is 9.10. The first-order chi connectivity index (χ1) is 15.5. The van der Waals surface area contributed by atoms with E-state index in [2.05, 4.69) is 23.6 Å². The minimum Gasteiger partial charge on any atom is -0.454 e. The average molecular weight is 442 g/mol. The molecule has 0 bridgehead atoms. The molecule has 2 aromatic rings. The molecule has 2 aliphatic heterocycles. The molecule has 172 valence electrons. The highest BCUT2D eigenvalue weighted by molar-refractivity contribution is 5.86. The zero-order valence-electron chi connectivity index (χ0n) is 19.0. The van der Waals surface area contributed by atoms with E-state index in [1.807, 2.05) is 19.2 Å². The number of hydrogen-bond donors (Lipinski definition) is 2. The lowest BCUT2D eigenvalue weighted by Crippen LogP contribution is -2.58. The Morgan fingerprint density at radius 2 is 1.78 bits per heavy atom. The second-order valence-corrected chi connectivity index (χ2v) is 9.10. The number of nitrogens with one attached hydrogen (secondary N) is 2. The number of hydrogen-bond acceptors (Lipinski definition) is 7. The van der Waals surface area contributed by atoms with Gasteiger partial charge in [-0.1, -0.05) is 0 Å². The highest BCUT2D eigenvalue weighted by Gasteiger charge is 2.48. The number of aromatic nitrogens is 1. The van der Waals surface area contributed by atoms with Crippen molar-refractivity contribution in [3.63, 3.8) is 0 Å². The van der Waals surface area contributed by atoms with Gasteiger partial charge in [-0.25, -0.2) is 4.98 Å². The first-order valence-electron chi connectivity index (χ1n) is 11.3.